The Morgan fingerprint density at radius 1 is 1.58 bits per heavy atom. The maximum absolute atomic E-state index is 4.54. The van der Waals surface area contributed by atoms with Crippen LogP contribution in [0.5, 0.6) is 0 Å². The first-order valence-corrected chi connectivity index (χ1v) is 6.61. The summed E-state index contributed by atoms with van der Waals surface area (Å²) in [7, 11) is -0.746. The molecule has 0 bridgehead atoms. The highest BCUT2D eigenvalue weighted by Gasteiger charge is 2.03. The Morgan fingerprint density at radius 3 is 2.83 bits per heavy atom. The zero-order valence-electron chi connectivity index (χ0n) is 7.87. The summed E-state index contributed by atoms with van der Waals surface area (Å²) in [6, 6.07) is 4.00. The molecule has 2 nitrogen and oxygen atoms in total. The molecule has 0 aromatic carbocycles. The predicted octanol–water partition coefficient (Wildman–Crippen LogP) is 2.43. The molecule has 0 unspecified atom stereocenters. The highest BCUT2D eigenvalue weighted by molar-refractivity contribution is 8.31. The molecule has 68 valence electrons. The standard InChI is InChI=1S/C9H16N2S/c1-4-12(2,3)11-8-9-6-5-7-10-9/h5-8,10H,4H2,1-3H3/b11-8+. The summed E-state index contributed by atoms with van der Waals surface area (Å²) in [5.41, 5.74) is 1.09. The van der Waals surface area contributed by atoms with Gasteiger partial charge in [0.2, 0.25) is 0 Å². The summed E-state index contributed by atoms with van der Waals surface area (Å²) in [5.74, 6) is 1.14. The summed E-state index contributed by atoms with van der Waals surface area (Å²) in [6.45, 7) is 2.18. The number of H-pyrrole nitrogens is 1. The number of nitrogens with zero attached hydrogens (tertiary/aromatic N) is 1. The third-order valence-corrected chi connectivity index (χ3v) is 3.89. The van der Waals surface area contributed by atoms with Crippen LogP contribution in [0.2, 0.25) is 0 Å². The van der Waals surface area contributed by atoms with Gasteiger partial charge in [0.25, 0.3) is 0 Å². The molecule has 1 aromatic heterocycles. The quantitative estimate of drug-likeness (QED) is 0.699. The van der Waals surface area contributed by atoms with Crippen molar-refractivity contribution in [2.75, 3.05) is 18.3 Å². The maximum Gasteiger partial charge on any atom is 0.0572 e. The fraction of sp³-hybridized carbons (Fsp3) is 0.444. The molecule has 0 saturated heterocycles. The molecule has 0 saturated carbocycles. The van der Waals surface area contributed by atoms with Gasteiger partial charge in [-0.1, -0.05) is 6.92 Å². The van der Waals surface area contributed by atoms with E-state index in [0.29, 0.717) is 0 Å². The lowest BCUT2D eigenvalue weighted by Crippen LogP contribution is -1.94. The van der Waals surface area contributed by atoms with E-state index in [0.717, 1.165) is 11.4 Å². The average Bonchev–Trinajstić information content (AvgIpc) is 2.53. The fourth-order valence-electron chi connectivity index (χ4n) is 0.699. The van der Waals surface area contributed by atoms with E-state index in [2.05, 4.69) is 28.8 Å². The van der Waals surface area contributed by atoms with Crippen molar-refractivity contribution in [3.05, 3.63) is 24.0 Å². The van der Waals surface area contributed by atoms with Gasteiger partial charge >= 0.3 is 0 Å². The second-order valence-corrected chi connectivity index (χ2v) is 6.88. The van der Waals surface area contributed by atoms with E-state index in [1.807, 2.05) is 24.5 Å². The highest BCUT2D eigenvalue weighted by Crippen LogP contribution is 2.40. The number of nitrogens with one attached hydrogen (secondary N) is 1. The summed E-state index contributed by atoms with van der Waals surface area (Å²) >= 11 is 0. The van der Waals surface area contributed by atoms with Crippen molar-refractivity contribution in [2.45, 2.75) is 6.92 Å². The van der Waals surface area contributed by atoms with E-state index in [-0.39, 0.29) is 0 Å². The van der Waals surface area contributed by atoms with Crippen LogP contribution in [0.25, 0.3) is 0 Å². The zero-order chi connectivity index (χ0) is 9.03. The Balaban J connectivity index is 2.62. The van der Waals surface area contributed by atoms with Gasteiger partial charge in [0, 0.05) is 6.20 Å². The number of aromatic amines is 1. The summed E-state index contributed by atoms with van der Waals surface area (Å²) in [6.07, 6.45) is 8.27. The van der Waals surface area contributed by atoms with Gasteiger partial charge in [0.1, 0.15) is 0 Å². The van der Waals surface area contributed by atoms with Gasteiger partial charge in [-0.15, -0.1) is 0 Å². The Bertz CT molecular complexity index is 250. The van der Waals surface area contributed by atoms with Crippen LogP contribution in [0.4, 0.5) is 0 Å². The zero-order valence-corrected chi connectivity index (χ0v) is 8.69. The molecular weight excluding hydrogens is 168 g/mol. The van der Waals surface area contributed by atoms with Gasteiger partial charge < -0.3 is 4.98 Å². The first-order chi connectivity index (χ1) is 5.64. The molecule has 0 aliphatic rings. The molecule has 1 N–H and O–H groups in total. The minimum absolute atomic E-state index is 0.746. The highest BCUT2D eigenvalue weighted by atomic mass is 32.3. The van der Waals surface area contributed by atoms with Crippen molar-refractivity contribution < 1.29 is 0 Å². The molecule has 0 spiro atoms. The number of aromatic nitrogens is 1. The van der Waals surface area contributed by atoms with Crippen molar-refractivity contribution in [1.82, 2.24) is 4.98 Å². The second-order valence-electron chi connectivity index (χ2n) is 3.13. The molecule has 0 radical (unpaired) electrons. The summed E-state index contributed by atoms with van der Waals surface area (Å²) < 4.78 is 4.54. The van der Waals surface area contributed by atoms with Crippen molar-refractivity contribution in [1.29, 1.82) is 0 Å². The van der Waals surface area contributed by atoms with Crippen molar-refractivity contribution >= 4 is 16.4 Å². The minimum Gasteiger partial charge on any atom is -0.360 e. The van der Waals surface area contributed by atoms with Crippen molar-refractivity contribution in [2.24, 2.45) is 4.40 Å². The van der Waals surface area contributed by atoms with Gasteiger partial charge in [0.05, 0.1) is 11.9 Å². The van der Waals surface area contributed by atoms with E-state index in [1.165, 1.54) is 0 Å². The van der Waals surface area contributed by atoms with Crippen LogP contribution in [-0.4, -0.2) is 29.5 Å². The molecule has 1 heterocycles. The average molecular weight is 184 g/mol. The van der Waals surface area contributed by atoms with Crippen LogP contribution >= 0.6 is 10.2 Å². The van der Waals surface area contributed by atoms with Gasteiger partial charge in [-0.05, 0) is 30.4 Å². The predicted molar refractivity (Wildman–Crippen MR) is 58.4 cm³/mol. The van der Waals surface area contributed by atoms with Crippen LogP contribution in [-0.2, 0) is 0 Å². The molecule has 3 heteroatoms. The third-order valence-electron chi connectivity index (χ3n) is 1.81. The fourth-order valence-corrected chi connectivity index (χ4v) is 1.25. The molecule has 1 rings (SSSR count). The third kappa shape index (κ3) is 2.74. The molecule has 0 atom stereocenters. The lowest BCUT2D eigenvalue weighted by atomic mass is 10.5. The molecule has 0 amide bonds. The van der Waals surface area contributed by atoms with Crippen LogP contribution in [0.3, 0.4) is 0 Å². The molecule has 12 heavy (non-hydrogen) atoms. The van der Waals surface area contributed by atoms with Gasteiger partial charge in [-0.3, -0.25) is 0 Å². The van der Waals surface area contributed by atoms with E-state index in [9.17, 15) is 0 Å². The smallest absolute Gasteiger partial charge is 0.0572 e. The van der Waals surface area contributed by atoms with E-state index < -0.39 is 10.2 Å². The van der Waals surface area contributed by atoms with Gasteiger partial charge in [0.15, 0.2) is 0 Å². The summed E-state index contributed by atoms with van der Waals surface area (Å²) in [5, 5.41) is 0. The molecule has 0 aliphatic carbocycles. The molecular formula is C9H16N2S. The van der Waals surface area contributed by atoms with E-state index >= 15 is 0 Å². The van der Waals surface area contributed by atoms with Crippen molar-refractivity contribution in [3.63, 3.8) is 0 Å². The Morgan fingerprint density at radius 2 is 2.33 bits per heavy atom. The minimum atomic E-state index is -0.746. The number of hydrogen-bond acceptors (Lipinski definition) is 1. The number of rotatable bonds is 3. The monoisotopic (exact) mass is 184 g/mol. The normalized spacial score (nSPS) is 13.9. The molecule has 1 aromatic rings. The van der Waals surface area contributed by atoms with Crippen LogP contribution < -0.4 is 0 Å². The first-order valence-electron chi connectivity index (χ1n) is 4.04. The van der Waals surface area contributed by atoms with Crippen LogP contribution in [0.1, 0.15) is 12.6 Å². The Kier molecular flexibility index (Phi) is 2.98. The van der Waals surface area contributed by atoms with Gasteiger partial charge in [-0.2, -0.15) is 10.2 Å². The topological polar surface area (TPSA) is 28.1 Å². The largest absolute Gasteiger partial charge is 0.360 e. The summed E-state index contributed by atoms with van der Waals surface area (Å²) in [4.78, 5) is 3.10. The Labute approximate surface area is 75.6 Å². The van der Waals surface area contributed by atoms with E-state index in [4.69, 9.17) is 0 Å². The molecule has 0 aliphatic heterocycles. The first kappa shape index (κ1) is 9.39. The lowest BCUT2D eigenvalue weighted by Gasteiger charge is -2.22. The number of hydrogen-bond donors (Lipinski definition) is 1. The lowest BCUT2D eigenvalue weighted by molar-refractivity contribution is 1.38. The van der Waals surface area contributed by atoms with E-state index in [1.54, 1.807) is 0 Å². The SMILES string of the molecule is CCS(C)(C)/N=C/c1ccc[nH]1. The van der Waals surface area contributed by atoms with Crippen LogP contribution in [0.15, 0.2) is 22.7 Å². The van der Waals surface area contributed by atoms with Crippen LogP contribution in [0, 0.1) is 0 Å². The van der Waals surface area contributed by atoms with Gasteiger partial charge in [-0.25, -0.2) is 4.40 Å². The van der Waals surface area contributed by atoms with Crippen molar-refractivity contribution in [3.8, 4) is 0 Å². The second kappa shape index (κ2) is 3.81. The maximum atomic E-state index is 4.54. The molecule has 0 fully saturated rings. The Hall–Kier alpha value is -0.700.